The van der Waals surface area contributed by atoms with Gasteiger partial charge in [0.05, 0.1) is 24.0 Å². The Bertz CT molecular complexity index is 600. The standard InChI is InChI=1S/C20H31N5/c21-15-20(11-12-20)25-14-18(23-24-25)19(17-9-5-2-6-10-17)22-13-16-7-3-1-4-8-16/h14,16-17,19,22H,1-13H2. The van der Waals surface area contributed by atoms with Crippen LogP contribution in [0.1, 0.15) is 88.8 Å². The second kappa shape index (κ2) is 7.45. The lowest BCUT2D eigenvalue weighted by Crippen LogP contribution is -2.34. The van der Waals surface area contributed by atoms with E-state index in [4.69, 9.17) is 0 Å². The van der Waals surface area contributed by atoms with E-state index in [1.165, 1.54) is 64.2 Å². The van der Waals surface area contributed by atoms with Gasteiger partial charge in [-0.25, -0.2) is 4.68 Å². The van der Waals surface area contributed by atoms with Gasteiger partial charge >= 0.3 is 0 Å². The fourth-order valence-electron chi connectivity index (χ4n) is 4.80. The van der Waals surface area contributed by atoms with Crippen LogP contribution in [-0.4, -0.2) is 21.5 Å². The molecule has 3 saturated carbocycles. The molecule has 5 heteroatoms. The van der Waals surface area contributed by atoms with Crippen molar-refractivity contribution in [2.45, 2.75) is 88.6 Å². The second-order valence-electron chi connectivity index (χ2n) is 8.52. The lowest BCUT2D eigenvalue weighted by molar-refractivity contribution is 0.244. The maximum absolute atomic E-state index is 9.43. The summed E-state index contributed by atoms with van der Waals surface area (Å²) < 4.78 is 1.83. The number of aromatic nitrogens is 3. The first kappa shape index (κ1) is 17.0. The highest BCUT2D eigenvalue weighted by Crippen LogP contribution is 2.43. The molecular formula is C20H31N5. The first-order valence-electron chi connectivity index (χ1n) is 10.4. The number of nitrogens with zero attached hydrogens (tertiary/aromatic N) is 4. The minimum absolute atomic E-state index is 0.311. The third kappa shape index (κ3) is 3.74. The Kier molecular flexibility index (Phi) is 5.08. The SMILES string of the molecule is N#CC1(n2cc(C(NCC3CCCCC3)C3CCCCC3)nn2)CC1. The molecule has 0 spiro atoms. The predicted molar refractivity (Wildman–Crippen MR) is 96.7 cm³/mol. The molecule has 0 amide bonds. The van der Waals surface area contributed by atoms with Crippen molar-refractivity contribution in [1.82, 2.24) is 20.3 Å². The van der Waals surface area contributed by atoms with Gasteiger partial charge in [0.2, 0.25) is 0 Å². The van der Waals surface area contributed by atoms with Gasteiger partial charge in [-0.2, -0.15) is 5.26 Å². The zero-order valence-corrected chi connectivity index (χ0v) is 15.3. The van der Waals surface area contributed by atoms with Crippen molar-refractivity contribution in [3.63, 3.8) is 0 Å². The number of nitrogens with one attached hydrogen (secondary N) is 1. The molecule has 1 aromatic rings. The van der Waals surface area contributed by atoms with Crippen molar-refractivity contribution in [3.05, 3.63) is 11.9 Å². The maximum atomic E-state index is 9.43. The summed E-state index contributed by atoms with van der Waals surface area (Å²) in [6, 6.07) is 2.73. The third-order valence-electron chi connectivity index (χ3n) is 6.67. The van der Waals surface area contributed by atoms with Crippen molar-refractivity contribution in [2.24, 2.45) is 11.8 Å². The number of rotatable bonds is 6. The monoisotopic (exact) mass is 341 g/mol. The largest absolute Gasteiger partial charge is 0.308 e. The first-order chi connectivity index (χ1) is 12.3. The second-order valence-corrected chi connectivity index (χ2v) is 8.52. The molecule has 136 valence electrons. The molecule has 1 aromatic heterocycles. The zero-order chi connectivity index (χ0) is 17.1. The van der Waals surface area contributed by atoms with Gasteiger partial charge in [0.1, 0.15) is 0 Å². The Morgan fingerprint density at radius 1 is 1.12 bits per heavy atom. The highest BCUT2D eigenvalue weighted by Gasteiger charge is 2.47. The first-order valence-corrected chi connectivity index (χ1v) is 10.4. The van der Waals surface area contributed by atoms with E-state index in [9.17, 15) is 5.26 Å². The van der Waals surface area contributed by atoms with Crippen LogP contribution < -0.4 is 5.32 Å². The summed E-state index contributed by atoms with van der Waals surface area (Å²) in [5, 5.41) is 22.2. The van der Waals surface area contributed by atoms with Crippen LogP contribution in [0.2, 0.25) is 0 Å². The molecule has 1 unspecified atom stereocenters. The topological polar surface area (TPSA) is 66.5 Å². The van der Waals surface area contributed by atoms with Crippen molar-refractivity contribution >= 4 is 0 Å². The molecule has 0 aliphatic heterocycles. The van der Waals surface area contributed by atoms with E-state index in [-0.39, 0.29) is 0 Å². The molecule has 0 radical (unpaired) electrons. The van der Waals surface area contributed by atoms with E-state index < -0.39 is 5.54 Å². The molecule has 25 heavy (non-hydrogen) atoms. The van der Waals surface area contributed by atoms with E-state index in [1.54, 1.807) is 0 Å². The Balaban J connectivity index is 1.47. The molecule has 0 bridgehead atoms. The number of hydrogen-bond donors (Lipinski definition) is 1. The van der Waals surface area contributed by atoms with Crippen molar-refractivity contribution < 1.29 is 0 Å². The van der Waals surface area contributed by atoms with Gasteiger partial charge in [0.25, 0.3) is 0 Å². The summed E-state index contributed by atoms with van der Waals surface area (Å²) >= 11 is 0. The fraction of sp³-hybridized carbons (Fsp3) is 0.850. The minimum Gasteiger partial charge on any atom is -0.308 e. The van der Waals surface area contributed by atoms with Gasteiger partial charge in [0, 0.05) is 0 Å². The molecule has 0 saturated heterocycles. The van der Waals surface area contributed by atoms with Crippen LogP contribution in [0.5, 0.6) is 0 Å². The quantitative estimate of drug-likeness (QED) is 0.846. The minimum atomic E-state index is -0.397. The lowest BCUT2D eigenvalue weighted by Gasteiger charge is -2.32. The molecule has 5 nitrogen and oxygen atoms in total. The maximum Gasteiger partial charge on any atom is 0.150 e. The highest BCUT2D eigenvalue weighted by atomic mass is 15.5. The Labute approximate surface area is 151 Å². The zero-order valence-electron chi connectivity index (χ0n) is 15.3. The van der Waals surface area contributed by atoms with Gasteiger partial charge in [-0.3, -0.25) is 0 Å². The molecule has 4 rings (SSSR count). The van der Waals surface area contributed by atoms with E-state index in [1.807, 2.05) is 4.68 Å². The van der Waals surface area contributed by atoms with Gasteiger partial charge in [-0.05, 0) is 56.9 Å². The summed E-state index contributed by atoms with van der Waals surface area (Å²) in [5.74, 6) is 1.49. The fourth-order valence-corrected chi connectivity index (χ4v) is 4.80. The Morgan fingerprint density at radius 2 is 1.80 bits per heavy atom. The van der Waals surface area contributed by atoms with E-state index in [2.05, 4.69) is 27.9 Å². The third-order valence-corrected chi connectivity index (χ3v) is 6.67. The van der Waals surface area contributed by atoms with Crippen LogP contribution in [0, 0.1) is 23.2 Å². The van der Waals surface area contributed by atoms with E-state index in [0.29, 0.717) is 12.0 Å². The molecule has 3 fully saturated rings. The summed E-state index contributed by atoms with van der Waals surface area (Å²) in [7, 11) is 0. The van der Waals surface area contributed by atoms with Crippen molar-refractivity contribution in [3.8, 4) is 6.07 Å². The lowest BCUT2D eigenvalue weighted by atomic mass is 9.82. The molecule has 3 aliphatic rings. The highest BCUT2D eigenvalue weighted by molar-refractivity contribution is 5.17. The summed E-state index contributed by atoms with van der Waals surface area (Å²) in [4.78, 5) is 0. The van der Waals surface area contributed by atoms with Gasteiger partial charge < -0.3 is 5.32 Å². The molecule has 1 heterocycles. The van der Waals surface area contributed by atoms with Crippen LogP contribution in [0.3, 0.4) is 0 Å². The van der Waals surface area contributed by atoms with Gasteiger partial charge in [0.15, 0.2) is 5.54 Å². The molecule has 1 atom stereocenters. The van der Waals surface area contributed by atoms with Gasteiger partial charge in [-0.15, -0.1) is 5.10 Å². The van der Waals surface area contributed by atoms with Crippen LogP contribution in [0.25, 0.3) is 0 Å². The average Bonchev–Trinajstić information content (AvgIpc) is 3.33. The predicted octanol–water partition coefficient (Wildman–Crippen LogP) is 4.08. The summed E-state index contributed by atoms with van der Waals surface area (Å²) in [5.41, 5.74) is 0.662. The van der Waals surface area contributed by atoms with Crippen LogP contribution in [0.15, 0.2) is 6.20 Å². The molecule has 0 aromatic carbocycles. The van der Waals surface area contributed by atoms with E-state index >= 15 is 0 Å². The number of nitriles is 1. The Morgan fingerprint density at radius 3 is 2.44 bits per heavy atom. The Hall–Kier alpha value is -1.41. The summed E-state index contributed by atoms with van der Waals surface area (Å²) in [6.07, 6.45) is 17.4. The normalized spacial score (nSPS) is 25.4. The molecular weight excluding hydrogens is 310 g/mol. The van der Waals surface area contributed by atoms with Gasteiger partial charge in [-0.1, -0.05) is 43.7 Å². The van der Waals surface area contributed by atoms with Crippen molar-refractivity contribution in [1.29, 1.82) is 5.26 Å². The van der Waals surface area contributed by atoms with Crippen molar-refractivity contribution in [2.75, 3.05) is 6.54 Å². The van der Waals surface area contributed by atoms with Crippen LogP contribution >= 0.6 is 0 Å². The number of hydrogen-bond acceptors (Lipinski definition) is 4. The smallest absolute Gasteiger partial charge is 0.150 e. The summed E-state index contributed by atoms with van der Waals surface area (Å²) in [6.45, 7) is 1.11. The molecule has 1 N–H and O–H groups in total. The molecule has 3 aliphatic carbocycles. The van der Waals surface area contributed by atoms with Crippen LogP contribution in [0.4, 0.5) is 0 Å². The average molecular weight is 342 g/mol. The van der Waals surface area contributed by atoms with E-state index in [0.717, 1.165) is 31.0 Å². The van der Waals surface area contributed by atoms with Crippen LogP contribution in [-0.2, 0) is 5.54 Å².